The number of nitrogens with zero attached hydrogens (tertiary/aromatic N) is 2. The molecule has 1 unspecified atom stereocenters. The summed E-state index contributed by atoms with van der Waals surface area (Å²) in [6.45, 7) is 1.01. The first-order valence-corrected chi connectivity index (χ1v) is 9.18. The van der Waals surface area contributed by atoms with E-state index in [9.17, 15) is 4.57 Å². The van der Waals surface area contributed by atoms with Crippen molar-refractivity contribution in [3.8, 4) is 0 Å². The lowest BCUT2D eigenvalue weighted by molar-refractivity contribution is 0.593. The average Bonchev–Trinajstić information content (AvgIpc) is 2.88. The highest BCUT2D eigenvalue weighted by molar-refractivity contribution is 8.00. The van der Waals surface area contributed by atoms with E-state index in [-0.39, 0.29) is 0 Å². The van der Waals surface area contributed by atoms with Crippen LogP contribution >= 0.6 is 17.7 Å². The summed E-state index contributed by atoms with van der Waals surface area (Å²) < 4.78 is 15.0. The lowest BCUT2D eigenvalue weighted by Gasteiger charge is -2.12. The number of allylic oxidation sites excluding steroid dienone is 1. The predicted molar refractivity (Wildman–Crippen MR) is 89.1 cm³/mol. The molecule has 0 spiro atoms. The Bertz CT molecular complexity index is 842. The predicted octanol–water partition coefficient (Wildman–Crippen LogP) is 3.69. The number of imidazole rings is 1. The second-order valence-electron chi connectivity index (χ2n) is 4.67. The fourth-order valence-electron chi connectivity index (χ4n) is 2.33. The van der Waals surface area contributed by atoms with Crippen molar-refractivity contribution in [2.75, 3.05) is 0 Å². The molecule has 1 atom stereocenters. The van der Waals surface area contributed by atoms with Gasteiger partial charge in [0.15, 0.2) is 5.57 Å². The number of hydrogen-bond acceptors (Lipinski definition) is 2. The van der Waals surface area contributed by atoms with Crippen LogP contribution in [-0.2, 0) is 11.1 Å². The van der Waals surface area contributed by atoms with Gasteiger partial charge in [0.25, 0.3) is 6.49 Å². The van der Waals surface area contributed by atoms with Crippen LogP contribution in [-0.4, -0.2) is 9.55 Å². The lowest BCUT2D eigenvalue weighted by Crippen LogP contribution is -2.22. The van der Waals surface area contributed by atoms with E-state index >= 15 is 0 Å². The van der Waals surface area contributed by atoms with Crippen LogP contribution < -0.4 is 10.9 Å². The SMILES string of the molecule is C=CCn1c(P(=O)(Cl)c2ccccc2)nc2ccccc21. The number of benzene rings is 2. The highest BCUT2D eigenvalue weighted by Gasteiger charge is 2.30. The number of fused-ring (bicyclic) bond motifs is 1. The molecule has 1 aromatic heterocycles. The van der Waals surface area contributed by atoms with Gasteiger partial charge in [0.1, 0.15) is 0 Å². The average molecular weight is 317 g/mol. The Morgan fingerprint density at radius 3 is 2.52 bits per heavy atom. The molecule has 0 amide bonds. The van der Waals surface area contributed by atoms with Crippen molar-refractivity contribution in [2.45, 2.75) is 6.54 Å². The Kier molecular flexibility index (Phi) is 3.71. The molecule has 3 aromatic rings. The maximum absolute atomic E-state index is 13.1. The summed E-state index contributed by atoms with van der Waals surface area (Å²) in [5, 5.41) is 0.590. The minimum atomic E-state index is -3.26. The second-order valence-corrected chi connectivity index (χ2v) is 8.08. The van der Waals surface area contributed by atoms with E-state index in [2.05, 4.69) is 11.6 Å². The summed E-state index contributed by atoms with van der Waals surface area (Å²) in [4.78, 5) is 4.50. The van der Waals surface area contributed by atoms with Crippen LogP contribution in [0.4, 0.5) is 0 Å². The zero-order valence-corrected chi connectivity index (χ0v) is 13.0. The fourth-order valence-corrected chi connectivity index (χ4v) is 4.57. The second kappa shape index (κ2) is 5.51. The minimum absolute atomic E-state index is 0.400. The molecular formula is C16H14ClN2OP. The van der Waals surface area contributed by atoms with Crippen molar-refractivity contribution in [1.82, 2.24) is 9.55 Å². The Morgan fingerprint density at radius 1 is 1.14 bits per heavy atom. The molecule has 0 saturated heterocycles. The molecule has 3 nitrogen and oxygen atoms in total. The van der Waals surface area contributed by atoms with Crippen molar-refractivity contribution >= 4 is 39.6 Å². The van der Waals surface area contributed by atoms with Gasteiger partial charge in [-0.2, -0.15) is 0 Å². The molecule has 2 aromatic carbocycles. The minimum Gasteiger partial charge on any atom is -0.316 e. The third kappa shape index (κ3) is 2.44. The molecule has 0 aliphatic carbocycles. The summed E-state index contributed by atoms with van der Waals surface area (Å²) in [6.07, 6.45) is 1.75. The molecule has 0 fully saturated rings. The van der Waals surface area contributed by atoms with E-state index in [0.717, 1.165) is 11.0 Å². The Balaban J connectivity index is 2.26. The molecule has 0 aliphatic heterocycles. The number of halogens is 1. The number of rotatable bonds is 4. The van der Waals surface area contributed by atoms with Gasteiger partial charge in [-0.25, -0.2) is 4.98 Å². The van der Waals surface area contributed by atoms with Crippen molar-refractivity contribution < 1.29 is 4.57 Å². The van der Waals surface area contributed by atoms with Crippen molar-refractivity contribution in [3.05, 3.63) is 67.3 Å². The first kappa shape index (κ1) is 14.1. The quantitative estimate of drug-likeness (QED) is 0.543. The summed E-state index contributed by atoms with van der Waals surface area (Å²) in [5.74, 6) is 0. The number of aromatic nitrogens is 2. The third-order valence-corrected chi connectivity index (χ3v) is 6.15. The van der Waals surface area contributed by atoms with Gasteiger partial charge in [0, 0.05) is 11.8 Å². The lowest BCUT2D eigenvalue weighted by atomic mass is 10.3. The molecule has 0 N–H and O–H groups in total. The smallest absolute Gasteiger partial charge is 0.259 e. The zero-order valence-electron chi connectivity index (χ0n) is 11.3. The van der Waals surface area contributed by atoms with Crippen LogP contribution in [0.3, 0.4) is 0 Å². The van der Waals surface area contributed by atoms with Gasteiger partial charge >= 0.3 is 0 Å². The normalized spacial score (nSPS) is 14.0. The van der Waals surface area contributed by atoms with Crippen LogP contribution in [0.25, 0.3) is 11.0 Å². The molecule has 0 aliphatic rings. The van der Waals surface area contributed by atoms with E-state index in [1.54, 1.807) is 18.2 Å². The Morgan fingerprint density at radius 2 is 1.81 bits per heavy atom. The summed E-state index contributed by atoms with van der Waals surface area (Å²) in [5.41, 5.74) is 2.09. The number of para-hydroxylation sites is 2. The summed E-state index contributed by atoms with van der Waals surface area (Å²) in [6, 6.07) is 16.7. The molecule has 106 valence electrons. The van der Waals surface area contributed by atoms with Gasteiger partial charge in [0.2, 0.25) is 0 Å². The van der Waals surface area contributed by atoms with Crippen LogP contribution in [0.2, 0.25) is 0 Å². The maximum Gasteiger partial charge on any atom is 0.259 e. The van der Waals surface area contributed by atoms with Crippen molar-refractivity contribution in [3.63, 3.8) is 0 Å². The van der Waals surface area contributed by atoms with E-state index in [4.69, 9.17) is 11.2 Å². The zero-order chi connectivity index (χ0) is 14.9. The van der Waals surface area contributed by atoms with Crippen LogP contribution in [0.5, 0.6) is 0 Å². The number of hydrogen-bond donors (Lipinski definition) is 0. The molecule has 21 heavy (non-hydrogen) atoms. The van der Waals surface area contributed by atoms with Crippen LogP contribution in [0.15, 0.2) is 67.3 Å². The van der Waals surface area contributed by atoms with Gasteiger partial charge in [-0.15, -0.1) is 6.58 Å². The van der Waals surface area contributed by atoms with Gasteiger partial charge in [-0.05, 0) is 35.5 Å². The summed E-state index contributed by atoms with van der Waals surface area (Å²) >= 11 is 6.44. The molecule has 3 rings (SSSR count). The van der Waals surface area contributed by atoms with Gasteiger partial charge < -0.3 is 4.57 Å². The highest BCUT2D eigenvalue weighted by Crippen LogP contribution is 2.48. The standard InChI is InChI=1S/C16H14ClN2OP/c1-2-12-19-15-11-7-6-10-14(15)18-16(19)21(17,20)13-8-4-3-5-9-13/h2-11H,1,12H2. The Labute approximate surface area is 128 Å². The van der Waals surface area contributed by atoms with Crippen molar-refractivity contribution in [1.29, 1.82) is 0 Å². The molecule has 0 saturated carbocycles. The van der Waals surface area contributed by atoms with E-state index < -0.39 is 6.49 Å². The molecule has 0 bridgehead atoms. The molecule has 1 heterocycles. The van der Waals surface area contributed by atoms with E-state index in [0.29, 0.717) is 17.4 Å². The maximum atomic E-state index is 13.1. The first-order valence-electron chi connectivity index (χ1n) is 6.56. The third-order valence-electron chi connectivity index (χ3n) is 3.29. The fraction of sp³-hybridized carbons (Fsp3) is 0.0625. The van der Waals surface area contributed by atoms with Crippen LogP contribution in [0.1, 0.15) is 0 Å². The van der Waals surface area contributed by atoms with Gasteiger partial charge in [0.05, 0.1) is 11.0 Å². The summed E-state index contributed by atoms with van der Waals surface area (Å²) in [7, 11) is 0. The van der Waals surface area contributed by atoms with Gasteiger partial charge in [-0.3, -0.25) is 4.57 Å². The monoisotopic (exact) mass is 316 g/mol. The molecule has 5 heteroatoms. The van der Waals surface area contributed by atoms with Crippen molar-refractivity contribution in [2.24, 2.45) is 0 Å². The largest absolute Gasteiger partial charge is 0.316 e. The topological polar surface area (TPSA) is 34.9 Å². The van der Waals surface area contributed by atoms with E-state index in [1.807, 2.05) is 47.0 Å². The highest BCUT2D eigenvalue weighted by atomic mass is 35.7. The van der Waals surface area contributed by atoms with Crippen LogP contribution in [0, 0.1) is 0 Å². The molecule has 0 radical (unpaired) electrons. The van der Waals surface area contributed by atoms with E-state index in [1.165, 1.54) is 0 Å². The van der Waals surface area contributed by atoms with Gasteiger partial charge in [-0.1, -0.05) is 36.4 Å². The Hall–Kier alpha value is -1.83. The first-order chi connectivity index (χ1) is 10.1. The molecular weight excluding hydrogens is 303 g/mol.